The van der Waals surface area contributed by atoms with Crippen molar-refractivity contribution >= 4 is 22.9 Å². The van der Waals surface area contributed by atoms with Crippen molar-refractivity contribution in [1.82, 2.24) is 9.88 Å². The molecule has 0 saturated carbocycles. The maximum absolute atomic E-state index is 5.87. The van der Waals surface area contributed by atoms with Crippen LogP contribution in [-0.2, 0) is 6.54 Å². The molecule has 0 saturated heterocycles. The van der Waals surface area contributed by atoms with Crippen molar-refractivity contribution in [2.75, 3.05) is 12.4 Å². The molecule has 0 unspecified atom stereocenters. The van der Waals surface area contributed by atoms with Gasteiger partial charge in [-0.2, -0.15) is 0 Å². The molecule has 92 valence electrons. The average molecular weight is 261 g/mol. The lowest BCUT2D eigenvalue weighted by Gasteiger charge is -2.28. The minimum atomic E-state index is 0.628. The zero-order valence-corrected chi connectivity index (χ0v) is 11.9. The molecule has 1 heterocycles. The molecule has 0 bridgehead atoms. The van der Waals surface area contributed by atoms with Crippen molar-refractivity contribution in [3.05, 3.63) is 16.1 Å². The van der Waals surface area contributed by atoms with Gasteiger partial charge >= 0.3 is 0 Å². The van der Waals surface area contributed by atoms with Crippen LogP contribution in [0.5, 0.6) is 0 Å². The predicted octanol–water partition coefficient (Wildman–Crippen LogP) is 3.68. The highest BCUT2D eigenvalue weighted by Gasteiger charge is 2.15. The van der Waals surface area contributed by atoms with Gasteiger partial charge in [-0.1, -0.05) is 13.8 Å². The third-order valence-electron chi connectivity index (χ3n) is 2.84. The van der Waals surface area contributed by atoms with Crippen LogP contribution in [-0.4, -0.2) is 28.4 Å². The number of hydrogen-bond donors (Lipinski definition) is 0. The zero-order valence-electron chi connectivity index (χ0n) is 10.4. The zero-order chi connectivity index (χ0) is 12.0. The van der Waals surface area contributed by atoms with E-state index in [-0.39, 0.29) is 0 Å². The fourth-order valence-corrected chi connectivity index (χ4v) is 2.97. The lowest BCUT2D eigenvalue weighted by atomic mass is 10.1. The Morgan fingerprint density at radius 2 is 2.12 bits per heavy atom. The number of halogens is 1. The predicted molar refractivity (Wildman–Crippen MR) is 72.4 cm³/mol. The second kappa shape index (κ2) is 7.25. The third-order valence-corrected chi connectivity index (χ3v) is 3.96. The molecule has 1 rings (SSSR count). The van der Waals surface area contributed by atoms with Gasteiger partial charge in [-0.05, 0) is 19.8 Å². The van der Waals surface area contributed by atoms with Crippen LogP contribution in [0.25, 0.3) is 0 Å². The van der Waals surface area contributed by atoms with Crippen LogP contribution in [0.1, 0.15) is 37.4 Å². The molecule has 0 spiro atoms. The van der Waals surface area contributed by atoms with Gasteiger partial charge in [-0.3, -0.25) is 4.90 Å². The Kier molecular flexibility index (Phi) is 6.32. The Hall–Kier alpha value is -0.120. The van der Waals surface area contributed by atoms with Crippen LogP contribution < -0.4 is 0 Å². The van der Waals surface area contributed by atoms with E-state index < -0.39 is 0 Å². The van der Waals surface area contributed by atoms with Gasteiger partial charge in [-0.15, -0.1) is 22.9 Å². The molecule has 0 aliphatic heterocycles. The Morgan fingerprint density at radius 1 is 1.44 bits per heavy atom. The summed E-state index contributed by atoms with van der Waals surface area (Å²) in [5, 5.41) is 3.32. The molecule has 0 aliphatic rings. The molecule has 0 atom stereocenters. The molecular formula is C12H21ClN2S. The summed E-state index contributed by atoms with van der Waals surface area (Å²) in [7, 11) is 0. The number of hydrogen-bond acceptors (Lipinski definition) is 3. The molecule has 1 aromatic rings. The first-order chi connectivity index (χ1) is 7.71. The molecule has 0 N–H and O–H groups in total. The first-order valence-corrected chi connectivity index (χ1v) is 7.33. The van der Waals surface area contributed by atoms with Gasteiger partial charge in [0.2, 0.25) is 0 Å². The van der Waals surface area contributed by atoms with Crippen LogP contribution in [0, 0.1) is 6.92 Å². The number of alkyl halides is 1. The summed E-state index contributed by atoms with van der Waals surface area (Å²) < 4.78 is 0. The molecule has 0 aromatic carbocycles. The standard InChI is InChI=1S/C12H21ClN2S/c1-4-11(5-2)15(7-6-13)8-12-14-10(3)9-16-12/h9,11H,4-8H2,1-3H3. The molecular weight excluding hydrogens is 240 g/mol. The van der Waals surface area contributed by atoms with Crippen LogP contribution >= 0.6 is 22.9 Å². The van der Waals surface area contributed by atoms with E-state index in [1.54, 1.807) is 11.3 Å². The first-order valence-electron chi connectivity index (χ1n) is 5.92. The van der Waals surface area contributed by atoms with Gasteiger partial charge < -0.3 is 0 Å². The second-order valence-corrected chi connectivity index (χ2v) is 5.33. The lowest BCUT2D eigenvalue weighted by Crippen LogP contribution is -2.35. The summed E-state index contributed by atoms with van der Waals surface area (Å²) in [5.41, 5.74) is 1.12. The summed E-state index contributed by atoms with van der Waals surface area (Å²) in [4.78, 5) is 6.97. The first kappa shape index (κ1) is 13.9. The van der Waals surface area contributed by atoms with Gasteiger partial charge in [-0.25, -0.2) is 4.98 Å². The molecule has 2 nitrogen and oxygen atoms in total. The number of thiazole rings is 1. The highest BCUT2D eigenvalue weighted by molar-refractivity contribution is 7.09. The number of aryl methyl sites for hydroxylation is 1. The van der Waals surface area contributed by atoms with E-state index in [0.29, 0.717) is 11.9 Å². The Bertz CT molecular complexity index is 297. The quantitative estimate of drug-likeness (QED) is 0.696. The summed E-state index contributed by atoms with van der Waals surface area (Å²) in [5.74, 6) is 0.695. The monoisotopic (exact) mass is 260 g/mol. The summed E-state index contributed by atoms with van der Waals surface area (Å²) >= 11 is 7.61. The van der Waals surface area contributed by atoms with E-state index >= 15 is 0 Å². The topological polar surface area (TPSA) is 16.1 Å². The van der Waals surface area contributed by atoms with Crippen LogP contribution in [0.15, 0.2) is 5.38 Å². The minimum absolute atomic E-state index is 0.628. The van der Waals surface area contributed by atoms with Crippen molar-refractivity contribution in [2.45, 2.75) is 46.2 Å². The van der Waals surface area contributed by atoms with E-state index in [0.717, 1.165) is 18.8 Å². The summed E-state index contributed by atoms with van der Waals surface area (Å²) in [6.07, 6.45) is 2.36. The summed E-state index contributed by atoms with van der Waals surface area (Å²) in [6, 6.07) is 0.628. The minimum Gasteiger partial charge on any atom is -0.293 e. The van der Waals surface area contributed by atoms with Gasteiger partial charge in [0, 0.05) is 29.5 Å². The van der Waals surface area contributed by atoms with Gasteiger partial charge in [0.15, 0.2) is 0 Å². The van der Waals surface area contributed by atoms with Crippen molar-refractivity contribution in [3.63, 3.8) is 0 Å². The molecule has 0 amide bonds. The maximum atomic E-state index is 5.87. The molecule has 4 heteroatoms. The Morgan fingerprint density at radius 3 is 2.56 bits per heavy atom. The third kappa shape index (κ3) is 4.04. The largest absolute Gasteiger partial charge is 0.293 e. The SMILES string of the molecule is CCC(CC)N(CCCl)Cc1nc(C)cs1. The van der Waals surface area contributed by atoms with E-state index in [4.69, 9.17) is 11.6 Å². The second-order valence-electron chi connectivity index (χ2n) is 4.01. The van der Waals surface area contributed by atoms with Crippen LogP contribution in [0.3, 0.4) is 0 Å². The normalized spacial score (nSPS) is 11.6. The van der Waals surface area contributed by atoms with Crippen molar-refractivity contribution in [2.24, 2.45) is 0 Å². The lowest BCUT2D eigenvalue weighted by molar-refractivity contribution is 0.188. The molecule has 16 heavy (non-hydrogen) atoms. The van der Waals surface area contributed by atoms with Crippen LogP contribution in [0.4, 0.5) is 0 Å². The Labute approximate surface area is 108 Å². The summed E-state index contributed by atoms with van der Waals surface area (Å²) in [6.45, 7) is 8.41. The van der Waals surface area contributed by atoms with E-state index in [1.165, 1.54) is 17.8 Å². The van der Waals surface area contributed by atoms with Gasteiger partial charge in [0.1, 0.15) is 5.01 Å². The number of nitrogens with zero attached hydrogens (tertiary/aromatic N) is 2. The average Bonchev–Trinajstić information content (AvgIpc) is 2.66. The van der Waals surface area contributed by atoms with E-state index in [2.05, 4.69) is 29.1 Å². The number of aromatic nitrogens is 1. The fourth-order valence-electron chi connectivity index (χ4n) is 1.95. The molecule has 1 aromatic heterocycles. The van der Waals surface area contributed by atoms with E-state index in [9.17, 15) is 0 Å². The Balaban J connectivity index is 2.63. The number of rotatable bonds is 7. The van der Waals surface area contributed by atoms with Gasteiger partial charge in [0.25, 0.3) is 0 Å². The molecule has 0 fully saturated rings. The molecule has 0 radical (unpaired) electrons. The maximum Gasteiger partial charge on any atom is 0.107 e. The van der Waals surface area contributed by atoms with Crippen LogP contribution in [0.2, 0.25) is 0 Å². The van der Waals surface area contributed by atoms with Gasteiger partial charge in [0.05, 0.1) is 6.54 Å². The van der Waals surface area contributed by atoms with Crippen molar-refractivity contribution in [3.8, 4) is 0 Å². The smallest absolute Gasteiger partial charge is 0.107 e. The van der Waals surface area contributed by atoms with Crippen molar-refractivity contribution in [1.29, 1.82) is 0 Å². The molecule has 0 aliphatic carbocycles. The highest BCUT2D eigenvalue weighted by Crippen LogP contribution is 2.16. The highest BCUT2D eigenvalue weighted by atomic mass is 35.5. The van der Waals surface area contributed by atoms with Crippen molar-refractivity contribution < 1.29 is 0 Å². The fraction of sp³-hybridized carbons (Fsp3) is 0.750. The van der Waals surface area contributed by atoms with E-state index in [1.807, 2.05) is 6.92 Å².